The van der Waals surface area contributed by atoms with Crippen LogP contribution >= 0.6 is 0 Å². The van der Waals surface area contributed by atoms with E-state index < -0.39 is 0 Å². The van der Waals surface area contributed by atoms with Crippen LogP contribution in [0.2, 0.25) is 0 Å². The first-order valence-electron chi connectivity index (χ1n) is 7.02. The number of nitrogens with two attached hydrogens (primary N) is 1. The van der Waals surface area contributed by atoms with Gasteiger partial charge in [-0.1, -0.05) is 6.92 Å². The zero-order valence-electron chi connectivity index (χ0n) is 11.7. The number of hydrogen-bond donors (Lipinski definition) is 1. The maximum atomic E-state index is 13.4. The second kappa shape index (κ2) is 6.15. The molecule has 0 saturated heterocycles. The van der Waals surface area contributed by atoms with Gasteiger partial charge in [0, 0.05) is 19.0 Å². The van der Waals surface area contributed by atoms with E-state index in [2.05, 4.69) is 16.5 Å². The zero-order valence-corrected chi connectivity index (χ0v) is 11.7. The van der Waals surface area contributed by atoms with Gasteiger partial charge in [-0.05, 0) is 44.4 Å². The van der Waals surface area contributed by atoms with E-state index in [0.717, 1.165) is 49.1 Å². The van der Waals surface area contributed by atoms with Crippen molar-refractivity contribution < 1.29 is 4.39 Å². The molecule has 4 heteroatoms. The Hall–Kier alpha value is -1.42. The van der Waals surface area contributed by atoms with Crippen LogP contribution in [0.3, 0.4) is 0 Å². The van der Waals surface area contributed by atoms with Crippen molar-refractivity contribution in [2.45, 2.75) is 52.1 Å². The second-order valence-corrected chi connectivity index (χ2v) is 5.18. The molecule has 1 unspecified atom stereocenters. The average molecular weight is 263 g/mol. The van der Waals surface area contributed by atoms with Crippen molar-refractivity contribution in [2.75, 3.05) is 0 Å². The van der Waals surface area contributed by atoms with Crippen molar-refractivity contribution in [3.63, 3.8) is 0 Å². The Morgan fingerprint density at radius 3 is 2.89 bits per heavy atom. The molecule has 2 aromatic rings. The topological polar surface area (TPSA) is 43.8 Å². The molecule has 0 saturated carbocycles. The van der Waals surface area contributed by atoms with Crippen LogP contribution in [0.5, 0.6) is 0 Å². The summed E-state index contributed by atoms with van der Waals surface area (Å²) in [6, 6.07) is 5.03. The number of nitrogens with zero attached hydrogens (tertiary/aromatic N) is 2. The summed E-state index contributed by atoms with van der Waals surface area (Å²) in [7, 11) is 0. The molecular formula is C15H22FN3. The maximum Gasteiger partial charge on any atom is 0.125 e. The fraction of sp³-hybridized carbons (Fsp3) is 0.533. The predicted molar refractivity (Wildman–Crippen MR) is 76.6 cm³/mol. The highest BCUT2D eigenvalue weighted by Crippen LogP contribution is 2.19. The molecule has 0 aliphatic heterocycles. The third-order valence-electron chi connectivity index (χ3n) is 3.30. The maximum absolute atomic E-state index is 13.4. The van der Waals surface area contributed by atoms with Gasteiger partial charge < -0.3 is 10.3 Å². The second-order valence-electron chi connectivity index (χ2n) is 5.18. The molecule has 0 aliphatic carbocycles. The van der Waals surface area contributed by atoms with Gasteiger partial charge in [0.15, 0.2) is 0 Å². The highest BCUT2D eigenvalue weighted by atomic mass is 19.1. The Morgan fingerprint density at radius 1 is 1.42 bits per heavy atom. The van der Waals surface area contributed by atoms with Crippen LogP contribution in [-0.2, 0) is 13.0 Å². The summed E-state index contributed by atoms with van der Waals surface area (Å²) in [4.78, 5) is 4.62. The molecule has 0 fully saturated rings. The Labute approximate surface area is 113 Å². The van der Waals surface area contributed by atoms with Crippen LogP contribution in [-0.4, -0.2) is 15.6 Å². The van der Waals surface area contributed by atoms with Gasteiger partial charge in [0.05, 0.1) is 11.0 Å². The molecule has 2 N–H and O–H groups in total. The van der Waals surface area contributed by atoms with Crippen LogP contribution in [0, 0.1) is 5.82 Å². The largest absolute Gasteiger partial charge is 0.328 e. The van der Waals surface area contributed by atoms with E-state index in [4.69, 9.17) is 5.73 Å². The van der Waals surface area contributed by atoms with Crippen molar-refractivity contribution in [1.29, 1.82) is 0 Å². The summed E-state index contributed by atoms with van der Waals surface area (Å²) in [5, 5.41) is 0. The van der Waals surface area contributed by atoms with Crippen molar-refractivity contribution in [3.05, 3.63) is 29.8 Å². The minimum atomic E-state index is -0.202. The van der Waals surface area contributed by atoms with Gasteiger partial charge in [-0.3, -0.25) is 0 Å². The minimum Gasteiger partial charge on any atom is -0.328 e. The fourth-order valence-corrected chi connectivity index (χ4v) is 2.39. The third kappa shape index (κ3) is 3.32. The van der Waals surface area contributed by atoms with Gasteiger partial charge in [0.2, 0.25) is 0 Å². The van der Waals surface area contributed by atoms with E-state index in [9.17, 15) is 4.39 Å². The van der Waals surface area contributed by atoms with Gasteiger partial charge in [-0.15, -0.1) is 0 Å². The van der Waals surface area contributed by atoms with Crippen molar-refractivity contribution in [2.24, 2.45) is 5.73 Å². The van der Waals surface area contributed by atoms with E-state index in [0.29, 0.717) is 0 Å². The summed E-state index contributed by atoms with van der Waals surface area (Å²) in [6.45, 7) is 5.02. The molecular weight excluding hydrogens is 241 g/mol. The summed E-state index contributed by atoms with van der Waals surface area (Å²) in [6.07, 6.45) is 3.93. The molecule has 0 aliphatic rings. The van der Waals surface area contributed by atoms with Gasteiger partial charge in [0.1, 0.15) is 11.6 Å². The molecule has 0 radical (unpaired) electrons. The summed E-state index contributed by atoms with van der Waals surface area (Å²) < 4.78 is 15.5. The molecule has 3 nitrogen and oxygen atoms in total. The first kappa shape index (κ1) is 14.0. The van der Waals surface area contributed by atoms with Crippen molar-refractivity contribution in [1.82, 2.24) is 9.55 Å². The smallest absolute Gasteiger partial charge is 0.125 e. The molecule has 1 atom stereocenters. The van der Waals surface area contributed by atoms with E-state index in [1.807, 2.05) is 6.92 Å². The number of imidazole rings is 1. The molecule has 0 spiro atoms. The van der Waals surface area contributed by atoms with Crippen LogP contribution in [0.4, 0.5) is 4.39 Å². The lowest BCUT2D eigenvalue weighted by atomic mass is 10.1. The van der Waals surface area contributed by atoms with E-state index in [-0.39, 0.29) is 11.9 Å². The van der Waals surface area contributed by atoms with Crippen LogP contribution in [0.25, 0.3) is 11.0 Å². The Kier molecular flexibility index (Phi) is 4.53. The Morgan fingerprint density at radius 2 is 2.21 bits per heavy atom. The predicted octanol–water partition coefficient (Wildman–Crippen LogP) is 3.26. The Balaban J connectivity index is 2.28. The molecule has 19 heavy (non-hydrogen) atoms. The molecule has 0 amide bonds. The number of benzene rings is 1. The normalized spacial score (nSPS) is 13.1. The highest BCUT2D eigenvalue weighted by Gasteiger charge is 2.11. The molecule has 1 aromatic heterocycles. The van der Waals surface area contributed by atoms with E-state index in [1.54, 1.807) is 12.1 Å². The fourth-order valence-electron chi connectivity index (χ4n) is 2.39. The van der Waals surface area contributed by atoms with E-state index in [1.165, 1.54) is 6.07 Å². The minimum absolute atomic E-state index is 0.202. The molecule has 104 valence electrons. The van der Waals surface area contributed by atoms with Gasteiger partial charge in [-0.25, -0.2) is 9.37 Å². The average Bonchev–Trinajstić information content (AvgIpc) is 2.68. The molecule has 1 heterocycles. The standard InChI is InChI=1S/C15H22FN3/c1-3-9-19-14-10-12(16)7-8-13(14)18-15(19)6-4-5-11(2)17/h7-8,10-11H,3-6,9,17H2,1-2H3. The van der Waals surface area contributed by atoms with Gasteiger partial charge >= 0.3 is 0 Å². The van der Waals surface area contributed by atoms with Crippen LogP contribution in [0.15, 0.2) is 18.2 Å². The number of rotatable bonds is 6. The third-order valence-corrected chi connectivity index (χ3v) is 3.30. The van der Waals surface area contributed by atoms with Crippen LogP contribution < -0.4 is 5.73 Å². The monoisotopic (exact) mass is 263 g/mol. The first-order valence-corrected chi connectivity index (χ1v) is 7.02. The van der Waals surface area contributed by atoms with Gasteiger partial charge in [-0.2, -0.15) is 0 Å². The number of aryl methyl sites for hydroxylation is 2. The lowest BCUT2D eigenvalue weighted by Crippen LogP contribution is -2.15. The van der Waals surface area contributed by atoms with Crippen molar-refractivity contribution in [3.8, 4) is 0 Å². The Bertz CT molecular complexity index is 546. The number of aromatic nitrogens is 2. The van der Waals surface area contributed by atoms with Crippen LogP contribution in [0.1, 0.15) is 38.9 Å². The summed E-state index contributed by atoms with van der Waals surface area (Å²) in [5.74, 6) is 0.843. The summed E-state index contributed by atoms with van der Waals surface area (Å²) in [5.41, 5.74) is 7.55. The lowest BCUT2D eigenvalue weighted by Gasteiger charge is -2.08. The van der Waals surface area contributed by atoms with E-state index >= 15 is 0 Å². The summed E-state index contributed by atoms with van der Waals surface area (Å²) >= 11 is 0. The molecule has 1 aromatic carbocycles. The van der Waals surface area contributed by atoms with Gasteiger partial charge in [0.25, 0.3) is 0 Å². The number of halogens is 1. The molecule has 0 bridgehead atoms. The zero-order chi connectivity index (χ0) is 13.8. The lowest BCUT2D eigenvalue weighted by molar-refractivity contribution is 0.586. The highest BCUT2D eigenvalue weighted by molar-refractivity contribution is 5.76. The quantitative estimate of drug-likeness (QED) is 0.869. The van der Waals surface area contributed by atoms with Crippen molar-refractivity contribution >= 4 is 11.0 Å². The number of hydrogen-bond acceptors (Lipinski definition) is 2. The molecule has 2 rings (SSSR count). The number of fused-ring (bicyclic) bond motifs is 1. The SMILES string of the molecule is CCCn1c(CCCC(C)N)nc2ccc(F)cc21. The first-order chi connectivity index (χ1) is 9.11.